The van der Waals surface area contributed by atoms with Crippen molar-refractivity contribution in [3.8, 4) is 0 Å². The molecule has 0 amide bonds. The van der Waals surface area contributed by atoms with Crippen LogP contribution >= 0.6 is 0 Å². The number of anilines is 7. The molecule has 0 N–H and O–H groups in total. The van der Waals surface area contributed by atoms with Crippen LogP contribution in [0, 0.1) is 27.7 Å². The number of furan rings is 1. The lowest BCUT2D eigenvalue weighted by Crippen LogP contribution is -2.65. The minimum atomic E-state index is -0.118. The highest BCUT2D eigenvalue weighted by atomic mass is 16.3. The van der Waals surface area contributed by atoms with Crippen LogP contribution in [0.1, 0.15) is 165 Å². The van der Waals surface area contributed by atoms with E-state index in [9.17, 15) is 0 Å². The van der Waals surface area contributed by atoms with Gasteiger partial charge in [0.05, 0.1) is 22.5 Å². The van der Waals surface area contributed by atoms with E-state index < -0.39 is 0 Å². The minimum absolute atomic E-state index is 0.00217. The third-order valence-electron chi connectivity index (χ3n) is 19.9. The van der Waals surface area contributed by atoms with Crippen molar-refractivity contribution in [3.05, 3.63) is 129 Å². The van der Waals surface area contributed by atoms with Crippen molar-refractivity contribution in [2.24, 2.45) is 0 Å². The number of rotatable bonds is 2. The van der Waals surface area contributed by atoms with Crippen LogP contribution < -0.4 is 31.1 Å². The zero-order chi connectivity index (χ0) is 48.3. The van der Waals surface area contributed by atoms with Gasteiger partial charge in [0.15, 0.2) is 5.58 Å². The van der Waals surface area contributed by atoms with Gasteiger partial charge in [-0.05, 0) is 158 Å². The molecule has 4 atom stereocenters. The predicted octanol–water partition coefficient (Wildman–Crippen LogP) is 15.5. The van der Waals surface area contributed by atoms with Crippen LogP contribution in [-0.2, 0) is 21.7 Å². The molecule has 2 aliphatic carbocycles. The van der Waals surface area contributed by atoms with Crippen LogP contribution in [0.3, 0.4) is 0 Å². The van der Waals surface area contributed by atoms with Gasteiger partial charge < -0.3 is 19.1 Å². The predicted molar refractivity (Wildman–Crippen MR) is 295 cm³/mol. The van der Waals surface area contributed by atoms with E-state index in [1.54, 1.807) is 5.56 Å². The summed E-state index contributed by atoms with van der Waals surface area (Å²) in [6.45, 7) is 34.3. The summed E-state index contributed by atoms with van der Waals surface area (Å²) in [5.74, 6) is 0. The van der Waals surface area contributed by atoms with Crippen molar-refractivity contribution in [2.75, 3.05) is 14.7 Å². The zero-order valence-electron chi connectivity index (χ0n) is 44.1. The SMILES string of the molecule is Cc1cc(C)c2c3c1B1c4ccc5c(oc6ccccc65)c4N(c4c(C)cc(C(C)(C)C)cc4C)c4cc(N5c6ccc(C(C)(C)C)cc6C6(C)CCCCC56C)cc(c41)N3C1(C)CCCCC21C. The number of hydrogen-bond donors (Lipinski definition) is 0. The third kappa shape index (κ3) is 5.33. The Labute approximate surface area is 412 Å². The summed E-state index contributed by atoms with van der Waals surface area (Å²) in [5.41, 5.74) is 26.8. The average Bonchev–Trinajstić information content (AvgIpc) is 3.85. The number of fused-ring (bicyclic) bond motifs is 14. The molecule has 0 spiro atoms. The average molecular weight is 910 g/mol. The lowest BCUT2D eigenvalue weighted by molar-refractivity contribution is 0.193. The van der Waals surface area contributed by atoms with E-state index in [1.165, 1.54) is 151 Å². The highest BCUT2D eigenvalue weighted by molar-refractivity contribution is 7.01. The van der Waals surface area contributed by atoms with Crippen molar-refractivity contribution in [2.45, 2.75) is 181 Å². The highest BCUT2D eigenvalue weighted by Gasteiger charge is 2.63. The third-order valence-corrected chi connectivity index (χ3v) is 19.9. The molecule has 6 aliphatic rings. The Bertz CT molecular complexity index is 3390. The van der Waals surface area contributed by atoms with Gasteiger partial charge in [0, 0.05) is 50.0 Å². The maximum absolute atomic E-state index is 7.27. The van der Waals surface area contributed by atoms with Crippen LogP contribution in [0.15, 0.2) is 89.3 Å². The van der Waals surface area contributed by atoms with Crippen molar-refractivity contribution in [1.29, 1.82) is 0 Å². The van der Waals surface area contributed by atoms with Crippen LogP contribution in [0.4, 0.5) is 39.8 Å². The van der Waals surface area contributed by atoms with Gasteiger partial charge in [0.2, 0.25) is 0 Å². The maximum Gasteiger partial charge on any atom is 0.252 e. The first-order chi connectivity index (χ1) is 32.6. The summed E-state index contributed by atoms with van der Waals surface area (Å²) in [5, 5.41) is 2.35. The Kier molecular flexibility index (Phi) is 8.66. The number of hydrogen-bond acceptors (Lipinski definition) is 4. The molecule has 5 heterocycles. The quantitative estimate of drug-likeness (QED) is 0.161. The molecule has 0 saturated heterocycles. The van der Waals surface area contributed by atoms with Gasteiger partial charge in [0.1, 0.15) is 5.58 Å². The molecule has 13 rings (SSSR count). The van der Waals surface area contributed by atoms with Gasteiger partial charge in [-0.2, -0.15) is 0 Å². The molecule has 2 saturated carbocycles. The van der Waals surface area contributed by atoms with E-state index in [0.717, 1.165) is 17.6 Å². The molecule has 5 heteroatoms. The van der Waals surface area contributed by atoms with Gasteiger partial charge in [-0.25, -0.2) is 0 Å². The molecule has 4 nitrogen and oxygen atoms in total. The number of nitrogens with zero attached hydrogens (tertiary/aromatic N) is 3. The summed E-state index contributed by atoms with van der Waals surface area (Å²) in [6, 6.07) is 34.0. The van der Waals surface area contributed by atoms with Gasteiger partial charge in [-0.15, -0.1) is 0 Å². The maximum atomic E-state index is 7.27. The minimum Gasteiger partial charge on any atom is -0.454 e. The lowest BCUT2D eigenvalue weighted by Gasteiger charge is -2.54. The monoisotopic (exact) mass is 910 g/mol. The summed E-state index contributed by atoms with van der Waals surface area (Å²) >= 11 is 0. The summed E-state index contributed by atoms with van der Waals surface area (Å²) in [7, 11) is 0. The molecule has 4 aliphatic heterocycles. The molecular formula is C64H72BN3O. The van der Waals surface area contributed by atoms with Crippen molar-refractivity contribution >= 4 is 84.9 Å². The van der Waals surface area contributed by atoms with E-state index >= 15 is 0 Å². The van der Waals surface area contributed by atoms with Gasteiger partial charge >= 0.3 is 0 Å². The van der Waals surface area contributed by atoms with Crippen molar-refractivity contribution in [1.82, 2.24) is 0 Å². The fourth-order valence-corrected chi connectivity index (χ4v) is 16.0. The molecule has 0 radical (unpaired) electrons. The molecule has 352 valence electrons. The Morgan fingerprint density at radius 3 is 1.86 bits per heavy atom. The molecule has 1 aromatic heterocycles. The first-order valence-electron chi connectivity index (χ1n) is 26.6. The highest BCUT2D eigenvalue weighted by Crippen LogP contribution is 2.66. The smallest absolute Gasteiger partial charge is 0.252 e. The van der Waals surface area contributed by atoms with E-state index in [1.807, 2.05) is 0 Å². The van der Waals surface area contributed by atoms with Crippen LogP contribution in [-0.4, -0.2) is 17.8 Å². The second kappa shape index (κ2) is 13.7. The van der Waals surface area contributed by atoms with Crippen LogP contribution in [0.25, 0.3) is 21.9 Å². The lowest BCUT2D eigenvalue weighted by atomic mass is 9.32. The normalized spacial score (nSPS) is 25.5. The van der Waals surface area contributed by atoms with Crippen LogP contribution in [0.2, 0.25) is 0 Å². The first-order valence-corrected chi connectivity index (χ1v) is 26.6. The number of benzene rings is 6. The molecule has 6 aromatic carbocycles. The fourth-order valence-electron chi connectivity index (χ4n) is 16.0. The van der Waals surface area contributed by atoms with E-state index in [0.29, 0.717) is 0 Å². The Morgan fingerprint density at radius 1 is 0.522 bits per heavy atom. The van der Waals surface area contributed by atoms with E-state index in [-0.39, 0.29) is 39.5 Å². The van der Waals surface area contributed by atoms with E-state index in [4.69, 9.17) is 4.42 Å². The standard InChI is InChI=1S/C64H72BN3O/c1-37-31-38(2)53-57-52(37)62(12)28-18-20-30-64(62,14)68(57)50-36-43(67-48-26-23-41(59(5,6)7)34-46(48)61(11)27-17-19-29-63(61,67)13)35-49-54(50)65(53)47-25-24-45-44-21-15-16-22-51(44)69-58(45)56(47)66(49)55-39(3)32-42(33-40(55)4)60(8,9)10/h15-16,21-26,31-36H,17-20,27-30H2,1-14H3. The molecule has 4 unspecified atom stereocenters. The van der Waals surface area contributed by atoms with Gasteiger partial charge in [-0.3, -0.25) is 0 Å². The topological polar surface area (TPSA) is 22.9 Å². The number of para-hydroxylation sites is 1. The molecular weight excluding hydrogens is 838 g/mol. The fraction of sp³-hybridized carbons (Fsp3) is 0.438. The Hall–Kier alpha value is -5.42. The molecule has 0 bridgehead atoms. The summed E-state index contributed by atoms with van der Waals surface area (Å²) < 4.78 is 7.27. The second-order valence-electron chi connectivity index (χ2n) is 25.8. The second-order valence-corrected chi connectivity index (χ2v) is 25.8. The number of aryl methyl sites for hydroxylation is 4. The first kappa shape index (κ1) is 43.6. The largest absolute Gasteiger partial charge is 0.454 e. The van der Waals surface area contributed by atoms with Crippen molar-refractivity contribution < 1.29 is 4.42 Å². The molecule has 7 aromatic rings. The molecule has 2 fully saturated rings. The summed E-state index contributed by atoms with van der Waals surface area (Å²) in [6.07, 6.45) is 9.74. The zero-order valence-corrected chi connectivity index (χ0v) is 44.1. The Balaban J connectivity index is 1.21. The van der Waals surface area contributed by atoms with E-state index in [2.05, 4.69) is 197 Å². The molecule has 69 heavy (non-hydrogen) atoms. The van der Waals surface area contributed by atoms with Gasteiger partial charge in [0.25, 0.3) is 6.71 Å². The Morgan fingerprint density at radius 2 is 1.16 bits per heavy atom. The summed E-state index contributed by atoms with van der Waals surface area (Å²) in [4.78, 5) is 8.54. The van der Waals surface area contributed by atoms with Crippen LogP contribution in [0.5, 0.6) is 0 Å². The van der Waals surface area contributed by atoms with Crippen molar-refractivity contribution in [3.63, 3.8) is 0 Å². The van der Waals surface area contributed by atoms with Gasteiger partial charge in [-0.1, -0.05) is 147 Å².